The first-order chi connectivity index (χ1) is 7.83. The number of imidazole rings is 1. The molecular weight excluding hydrogens is 240 g/mol. The molecule has 0 saturated heterocycles. The number of thiazole rings is 1. The fraction of sp³-hybridized carbons (Fsp3) is 0.182. The lowest BCUT2D eigenvalue weighted by Gasteiger charge is -2.05. The van der Waals surface area contributed by atoms with Crippen LogP contribution in [0.1, 0.15) is 17.4 Å². The third-order valence-electron chi connectivity index (χ3n) is 2.47. The fourth-order valence-corrected chi connectivity index (χ4v) is 3.08. The molecule has 0 saturated carbocycles. The Hall–Kier alpha value is -1.17. The molecule has 1 N–H and O–H groups in total. The van der Waals surface area contributed by atoms with Gasteiger partial charge in [-0.05, 0) is 22.4 Å². The molecule has 3 aromatic heterocycles. The predicted octanol–water partition coefficient (Wildman–Crippen LogP) is 2.73. The van der Waals surface area contributed by atoms with Gasteiger partial charge in [0.15, 0.2) is 4.96 Å². The van der Waals surface area contributed by atoms with Crippen LogP contribution in [0.5, 0.6) is 0 Å². The van der Waals surface area contributed by atoms with Crippen LogP contribution >= 0.6 is 22.7 Å². The monoisotopic (exact) mass is 250 g/mol. The van der Waals surface area contributed by atoms with Crippen LogP contribution in [0.15, 0.2) is 34.6 Å². The number of hydrogen-bond donors (Lipinski definition) is 1. The molecule has 3 heterocycles. The van der Waals surface area contributed by atoms with Crippen molar-refractivity contribution in [3.05, 3.63) is 45.9 Å². The normalized spacial score (nSPS) is 13.3. The summed E-state index contributed by atoms with van der Waals surface area (Å²) in [4.78, 5) is 5.43. The molecule has 0 radical (unpaired) electrons. The number of aliphatic hydroxyl groups excluding tert-OH is 1. The van der Waals surface area contributed by atoms with Crippen LogP contribution in [-0.2, 0) is 6.42 Å². The Morgan fingerprint density at radius 2 is 2.38 bits per heavy atom. The summed E-state index contributed by atoms with van der Waals surface area (Å²) in [7, 11) is 0. The van der Waals surface area contributed by atoms with Crippen molar-refractivity contribution in [2.45, 2.75) is 12.5 Å². The van der Waals surface area contributed by atoms with Gasteiger partial charge in [-0.2, -0.15) is 11.3 Å². The molecule has 0 fully saturated rings. The van der Waals surface area contributed by atoms with E-state index in [1.54, 1.807) is 22.7 Å². The van der Waals surface area contributed by atoms with Crippen molar-refractivity contribution in [2.24, 2.45) is 0 Å². The van der Waals surface area contributed by atoms with Crippen molar-refractivity contribution in [1.82, 2.24) is 9.38 Å². The van der Waals surface area contributed by atoms with Gasteiger partial charge in [-0.1, -0.05) is 0 Å². The Bertz CT molecular complexity index is 553. The number of aromatic nitrogens is 2. The van der Waals surface area contributed by atoms with Gasteiger partial charge in [0.1, 0.15) is 0 Å². The summed E-state index contributed by atoms with van der Waals surface area (Å²) < 4.78 is 1.99. The Kier molecular flexibility index (Phi) is 2.51. The molecule has 1 unspecified atom stereocenters. The molecule has 82 valence electrons. The SMILES string of the molecule is OC(Cc1cn2ccsc2n1)c1ccsc1. The second kappa shape index (κ2) is 4.01. The van der Waals surface area contributed by atoms with Crippen molar-refractivity contribution in [1.29, 1.82) is 0 Å². The van der Waals surface area contributed by atoms with Crippen LogP contribution in [0.4, 0.5) is 0 Å². The average molecular weight is 250 g/mol. The molecule has 0 aliphatic rings. The second-order valence-corrected chi connectivity index (χ2v) is 5.25. The molecule has 5 heteroatoms. The predicted molar refractivity (Wildman–Crippen MR) is 66.1 cm³/mol. The van der Waals surface area contributed by atoms with E-state index in [-0.39, 0.29) is 0 Å². The largest absolute Gasteiger partial charge is 0.388 e. The van der Waals surface area contributed by atoms with Gasteiger partial charge in [-0.15, -0.1) is 11.3 Å². The van der Waals surface area contributed by atoms with Gasteiger partial charge in [0.25, 0.3) is 0 Å². The molecule has 3 rings (SSSR count). The maximum absolute atomic E-state index is 9.99. The summed E-state index contributed by atoms with van der Waals surface area (Å²) in [5, 5.41) is 15.9. The van der Waals surface area contributed by atoms with Crippen LogP contribution in [0.3, 0.4) is 0 Å². The lowest BCUT2D eigenvalue weighted by Crippen LogP contribution is -2.00. The number of nitrogens with zero attached hydrogens (tertiary/aromatic N) is 2. The summed E-state index contributed by atoms with van der Waals surface area (Å²) in [5.74, 6) is 0. The summed E-state index contributed by atoms with van der Waals surface area (Å²) >= 11 is 3.21. The first-order valence-electron chi connectivity index (χ1n) is 4.94. The van der Waals surface area contributed by atoms with Gasteiger partial charge in [0.2, 0.25) is 0 Å². The summed E-state index contributed by atoms with van der Waals surface area (Å²) in [6.45, 7) is 0. The Morgan fingerprint density at radius 3 is 3.12 bits per heavy atom. The first kappa shape index (κ1) is 10.0. The molecule has 1 atom stereocenters. The van der Waals surface area contributed by atoms with Gasteiger partial charge in [-0.3, -0.25) is 4.40 Å². The zero-order chi connectivity index (χ0) is 11.0. The van der Waals surface area contributed by atoms with Gasteiger partial charge in [0.05, 0.1) is 11.8 Å². The fourth-order valence-electron chi connectivity index (χ4n) is 1.65. The van der Waals surface area contributed by atoms with E-state index in [1.165, 1.54) is 0 Å². The minimum atomic E-state index is -0.448. The highest BCUT2D eigenvalue weighted by atomic mass is 32.1. The minimum Gasteiger partial charge on any atom is -0.388 e. The molecule has 3 nitrogen and oxygen atoms in total. The van der Waals surface area contributed by atoms with Crippen LogP contribution in [0.2, 0.25) is 0 Å². The summed E-state index contributed by atoms with van der Waals surface area (Å²) in [5.41, 5.74) is 1.91. The Morgan fingerprint density at radius 1 is 1.44 bits per heavy atom. The van der Waals surface area contributed by atoms with Crippen molar-refractivity contribution in [3.63, 3.8) is 0 Å². The Balaban J connectivity index is 1.82. The van der Waals surface area contributed by atoms with E-state index in [0.29, 0.717) is 6.42 Å². The van der Waals surface area contributed by atoms with E-state index in [2.05, 4.69) is 4.98 Å². The number of thiophene rings is 1. The quantitative estimate of drug-likeness (QED) is 0.776. The third kappa shape index (κ3) is 1.77. The van der Waals surface area contributed by atoms with Crippen LogP contribution in [-0.4, -0.2) is 14.5 Å². The maximum Gasteiger partial charge on any atom is 0.193 e. The highest BCUT2D eigenvalue weighted by molar-refractivity contribution is 7.15. The lowest BCUT2D eigenvalue weighted by molar-refractivity contribution is 0.178. The number of aliphatic hydroxyl groups is 1. The molecule has 0 aliphatic heterocycles. The van der Waals surface area contributed by atoms with Crippen LogP contribution in [0.25, 0.3) is 4.96 Å². The van der Waals surface area contributed by atoms with Gasteiger partial charge < -0.3 is 5.11 Å². The standard InChI is InChI=1S/C11H10N2OS2/c14-10(8-1-3-15-7-8)5-9-6-13-2-4-16-11(13)12-9/h1-4,6-7,10,14H,5H2. The first-order valence-corrected chi connectivity index (χ1v) is 6.76. The maximum atomic E-state index is 9.99. The molecular formula is C11H10N2OS2. The second-order valence-electron chi connectivity index (χ2n) is 3.60. The van der Waals surface area contributed by atoms with E-state index < -0.39 is 6.10 Å². The van der Waals surface area contributed by atoms with Crippen molar-refractivity contribution in [2.75, 3.05) is 0 Å². The topological polar surface area (TPSA) is 37.5 Å². The van der Waals surface area contributed by atoms with E-state index in [0.717, 1.165) is 16.2 Å². The number of rotatable bonds is 3. The van der Waals surface area contributed by atoms with E-state index in [9.17, 15) is 5.11 Å². The highest BCUT2D eigenvalue weighted by Crippen LogP contribution is 2.21. The number of fused-ring (bicyclic) bond motifs is 1. The van der Waals surface area contributed by atoms with Gasteiger partial charge >= 0.3 is 0 Å². The smallest absolute Gasteiger partial charge is 0.193 e. The van der Waals surface area contributed by atoms with Crippen molar-refractivity contribution < 1.29 is 5.11 Å². The molecule has 0 aliphatic carbocycles. The molecule has 0 bridgehead atoms. The third-order valence-corrected chi connectivity index (χ3v) is 3.95. The zero-order valence-corrected chi connectivity index (χ0v) is 10.0. The highest BCUT2D eigenvalue weighted by Gasteiger charge is 2.11. The van der Waals surface area contributed by atoms with Crippen LogP contribution in [0, 0.1) is 0 Å². The van der Waals surface area contributed by atoms with E-state index in [1.807, 2.05) is 39.0 Å². The summed E-state index contributed by atoms with van der Waals surface area (Å²) in [6.07, 6.45) is 4.08. The van der Waals surface area contributed by atoms with Crippen molar-refractivity contribution >= 4 is 27.6 Å². The lowest BCUT2D eigenvalue weighted by atomic mass is 10.1. The van der Waals surface area contributed by atoms with Crippen LogP contribution < -0.4 is 0 Å². The van der Waals surface area contributed by atoms with E-state index >= 15 is 0 Å². The molecule has 0 spiro atoms. The van der Waals surface area contributed by atoms with Crippen molar-refractivity contribution in [3.8, 4) is 0 Å². The molecule has 16 heavy (non-hydrogen) atoms. The molecule has 0 amide bonds. The molecule has 3 aromatic rings. The zero-order valence-electron chi connectivity index (χ0n) is 8.41. The Labute approximate surface area is 101 Å². The minimum absolute atomic E-state index is 0.448. The summed E-state index contributed by atoms with van der Waals surface area (Å²) in [6, 6.07) is 1.95. The molecule has 0 aromatic carbocycles. The van der Waals surface area contributed by atoms with E-state index in [4.69, 9.17) is 0 Å². The van der Waals surface area contributed by atoms with Gasteiger partial charge in [-0.25, -0.2) is 4.98 Å². The van der Waals surface area contributed by atoms with Gasteiger partial charge in [0, 0.05) is 24.2 Å². The number of hydrogen-bond acceptors (Lipinski definition) is 4. The average Bonchev–Trinajstić information content (AvgIpc) is 2.91.